The lowest BCUT2D eigenvalue weighted by Crippen LogP contribution is -2.52. The van der Waals surface area contributed by atoms with Gasteiger partial charge in [0.2, 0.25) is 41.4 Å². The zero-order chi connectivity index (χ0) is 51.6. The molecule has 1 aliphatic heterocycles. The van der Waals surface area contributed by atoms with Gasteiger partial charge >= 0.3 is 0 Å². The maximum absolute atomic E-state index is 14.4. The first kappa shape index (κ1) is 60.3. The fraction of sp³-hybridized carbons (Fsp3) is 0.732. The standard InChI is InChI=1S/C41H81N21O7/c42-13-3-1-2-4-14-52-25-33(65)60(21-8-17-55-40(48)49)27-35(67)61(22-9-18-56-41(50)51)29-36(68)62(24-10-23-58-19-6-12-32(58)64)28-34(66)59(20-7-16-54-39(46)47)26-31(63)57-30(37(43)69)11-5-15-53-38(44)45/h30,52H,1-29,42H2,(H2,43,69)(H,57,63)(H4,44,45,53)(H4,46,47,54)(H4,48,49,55)(H4,50,51,56)/t30-/m1/s1. The van der Waals surface area contributed by atoms with Crippen molar-refractivity contribution in [3.8, 4) is 0 Å². The topological polar surface area (TPSA) is 469 Å². The number of guanidine groups is 4. The average molecular weight is 980 g/mol. The third-order valence-electron chi connectivity index (χ3n) is 10.6. The molecular formula is C41H81N21O7. The highest BCUT2D eigenvalue weighted by Crippen LogP contribution is 2.11. The van der Waals surface area contributed by atoms with Crippen molar-refractivity contribution in [2.75, 3.05) is 111 Å². The molecule has 7 amide bonds. The van der Waals surface area contributed by atoms with Gasteiger partial charge in [-0.1, -0.05) is 12.8 Å². The fourth-order valence-electron chi connectivity index (χ4n) is 7.02. The van der Waals surface area contributed by atoms with Gasteiger partial charge in [0, 0.05) is 71.9 Å². The van der Waals surface area contributed by atoms with Gasteiger partial charge in [0.1, 0.15) is 6.04 Å². The van der Waals surface area contributed by atoms with Crippen LogP contribution in [0, 0.1) is 0 Å². The number of hydrogen-bond donors (Lipinski definition) is 12. The van der Waals surface area contributed by atoms with Crippen molar-refractivity contribution in [3.63, 3.8) is 0 Å². The number of amides is 7. The number of nitrogens with two attached hydrogens (primary N) is 10. The number of rotatable bonds is 38. The number of aliphatic imine (C=N–C) groups is 4. The predicted octanol–water partition coefficient (Wildman–Crippen LogP) is -6.56. The molecule has 1 aliphatic rings. The first-order valence-electron chi connectivity index (χ1n) is 23.4. The van der Waals surface area contributed by atoms with Crippen LogP contribution in [0.4, 0.5) is 0 Å². The zero-order valence-electron chi connectivity index (χ0n) is 40.2. The van der Waals surface area contributed by atoms with Gasteiger partial charge in [-0.2, -0.15) is 0 Å². The first-order chi connectivity index (χ1) is 32.8. The highest BCUT2D eigenvalue weighted by molar-refractivity contribution is 5.92. The number of nitrogens with one attached hydrogen (secondary N) is 2. The van der Waals surface area contributed by atoms with Gasteiger partial charge in [0.25, 0.3) is 0 Å². The van der Waals surface area contributed by atoms with Crippen molar-refractivity contribution >= 4 is 65.2 Å². The van der Waals surface area contributed by atoms with Crippen molar-refractivity contribution < 1.29 is 33.6 Å². The highest BCUT2D eigenvalue weighted by atomic mass is 16.2. The fourth-order valence-corrected chi connectivity index (χ4v) is 7.02. The summed E-state index contributed by atoms with van der Waals surface area (Å²) >= 11 is 0. The molecule has 22 N–H and O–H groups in total. The van der Waals surface area contributed by atoms with Gasteiger partial charge in [-0.05, 0) is 70.9 Å². The van der Waals surface area contributed by atoms with E-state index in [4.69, 9.17) is 57.3 Å². The van der Waals surface area contributed by atoms with E-state index >= 15 is 0 Å². The Morgan fingerprint density at radius 2 is 0.986 bits per heavy atom. The molecule has 28 nitrogen and oxygen atoms in total. The first-order valence-corrected chi connectivity index (χ1v) is 23.4. The Morgan fingerprint density at radius 3 is 1.42 bits per heavy atom. The molecular weight excluding hydrogens is 899 g/mol. The summed E-state index contributed by atoms with van der Waals surface area (Å²) in [5.41, 5.74) is 55.0. The molecule has 0 aliphatic carbocycles. The van der Waals surface area contributed by atoms with Crippen molar-refractivity contribution in [3.05, 3.63) is 0 Å². The molecule has 0 radical (unpaired) electrons. The number of primary amides is 1. The number of nitrogens with zero attached hydrogens (tertiary/aromatic N) is 9. The SMILES string of the molecule is NCCCCCCNCC(=O)N(CCCN=C(N)N)CC(=O)N(CCCN=C(N)N)CC(=O)N(CCCN1CCCC1=O)CC(=O)N(CCCN=C(N)N)CC(=O)N[C@H](CCCN=C(N)N)C(N)=O. The van der Waals surface area contributed by atoms with E-state index in [1.165, 1.54) is 19.6 Å². The second kappa shape index (κ2) is 35.4. The second-order valence-corrected chi connectivity index (χ2v) is 16.4. The zero-order valence-corrected chi connectivity index (χ0v) is 40.2. The van der Waals surface area contributed by atoms with Gasteiger partial charge in [-0.3, -0.25) is 53.5 Å². The molecule has 1 rings (SSSR count). The number of unbranched alkanes of at least 4 members (excludes halogenated alkanes) is 3. The van der Waals surface area contributed by atoms with Crippen LogP contribution < -0.4 is 68.0 Å². The van der Waals surface area contributed by atoms with E-state index in [1.54, 1.807) is 4.90 Å². The summed E-state index contributed by atoms with van der Waals surface area (Å²) in [4.78, 5) is 117. The van der Waals surface area contributed by atoms with E-state index in [-0.39, 0.29) is 120 Å². The van der Waals surface area contributed by atoms with Gasteiger partial charge in [0.05, 0.1) is 32.7 Å². The monoisotopic (exact) mass is 980 g/mol. The number of carbonyl (C=O) groups excluding carboxylic acids is 7. The maximum atomic E-state index is 14.4. The van der Waals surface area contributed by atoms with Crippen LogP contribution in [0.25, 0.3) is 0 Å². The summed E-state index contributed by atoms with van der Waals surface area (Å²) < 4.78 is 0. The van der Waals surface area contributed by atoms with Crippen molar-refractivity contribution in [2.24, 2.45) is 77.3 Å². The summed E-state index contributed by atoms with van der Waals surface area (Å²) in [7, 11) is 0. The van der Waals surface area contributed by atoms with Crippen LogP contribution in [0.15, 0.2) is 20.0 Å². The Kier molecular flexibility index (Phi) is 31.0. The molecule has 0 unspecified atom stereocenters. The minimum absolute atomic E-state index is 0.00737. The molecule has 0 aromatic rings. The van der Waals surface area contributed by atoms with Crippen LogP contribution in [0.1, 0.15) is 77.0 Å². The second-order valence-electron chi connectivity index (χ2n) is 16.4. The molecule has 392 valence electrons. The van der Waals surface area contributed by atoms with E-state index in [0.29, 0.717) is 51.9 Å². The van der Waals surface area contributed by atoms with Crippen LogP contribution in [0.3, 0.4) is 0 Å². The number of hydrogen-bond acceptors (Lipinski definition) is 13. The van der Waals surface area contributed by atoms with Crippen LogP contribution in [0.2, 0.25) is 0 Å². The van der Waals surface area contributed by atoms with E-state index < -0.39 is 61.8 Å². The summed E-state index contributed by atoms with van der Waals surface area (Å²) in [5, 5.41) is 5.69. The lowest BCUT2D eigenvalue weighted by molar-refractivity contribution is -0.146. The molecule has 0 spiro atoms. The Balaban J connectivity index is 3.47. The summed E-state index contributed by atoms with van der Waals surface area (Å²) in [6.07, 6.45) is 6.22. The van der Waals surface area contributed by atoms with E-state index in [0.717, 1.165) is 25.7 Å². The Morgan fingerprint density at radius 1 is 0.551 bits per heavy atom. The quantitative estimate of drug-likeness (QED) is 0.0155. The van der Waals surface area contributed by atoms with E-state index in [1.807, 2.05) is 0 Å². The Labute approximate surface area is 404 Å². The number of likely N-dealkylation sites (tertiary alicyclic amines) is 1. The van der Waals surface area contributed by atoms with E-state index in [9.17, 15) is 33.6 Å². The largest absolute Gasteiger partial charge is 0.370 e. The molecule has 1 atom stereocenters. The summed E-state index contributed by atoms with van der Waals surface area (Å²) in [6.45, 7) is 0.666. The van der Waals surface area contributed by atoms with Gasteiger partial charge in [-0.25, -0.2) is 0 Å². The molecule has 1 fully saturated rings. The highest BCUT2D eigenvalue weighted by Gasteiger charge is 2.29. The third kappa shape index (κ3) is 28.9. The normalized spacial score (nSPS) is 12.3. The van der Waals surface area contributed by atoms with Crippen molar-refractivity contribution in [1.82, 2.24) is 35.1 Å². The minimum Gasteiger partial charge on any atom is -0.370 e. The molecule has 69 heavy (non-hydrogen) atoms. The van der Waals surface area contributed by atoms with Crippen LogP contribution in [-0.2, 0) is 33.6 Å². The van der Waals surface area contributed by atoms with Gasteiger partial charge in [-0.15, -0.1) is 0 Å². The average Bonchev–Trinajstić information content (AvgIpc) is 3.69. The van der Waals surface area contributed by atoms with Gasteiger partial charge < -0.3 is 92.5 Å². The maximum Gasteiger partial charge on any atom is 0.242 e. The summed E-state index contributed by atoms with van der Waals surface area (Å²) in [5.74, 6) is -4.38. The Hall–Kier alpha value is -6.71. The Bertz CT molecular complexity index is 1730. The lowest BCUT2D eigenvalue weighted by atomic mass is 10.1. The molecule has 1 saturated heterocycles. The molecule has 28 heteroatoms. The van der Waals surface area contributed by atoms with Crippen LogP contribution in [-0.4, -0.2) is 207 Å². The molecule has 0 bridgehead atoms. The van der Waals surface area contributed by atoms with Crippen molar-refractivity contribution in [1.29, 1.82) is 0 Å². The molecule has 0 aromatic carbocycles. The number of carbonyl (C=O) groups is 7. The van der Waals surface area contributed by atoms with Crippen LogP contribution in [0.5, 0.6) is 0 Å². The molecule has 0 aromatic heterocycles. The van der Waals surface area contributed by atoms with E-state index in [2.05, 4.69) is 30.6 Å². The lowest BCUT2D eigenvalue weighted by Gasteiger charge is -2.31. The summed E-state index contributed by atoms with van der Waals surface area (Å²) in [6, 6.07) is -1.11. The third-order valence-corrected chi connectivity index (χ3v) is 10.6. The predicted molar refractivity (Wildman–Crippen MR) is 264 cm³/mol. The molecule has 1 heterocycles. The molecule has 0 saturated carbocycles. The van der Waals surface area contributed by atoms with Crippen LogP contribution >= 0.6 is 0 Å². The minimum atomic E-state index is -1.11. The smallest absolute Gasteiger partial charge is 0.242 e. The van der Waals surface area contributed by atoms with Crippen molar-refractivity contribution in [2.45, 2.75) is 83.1 Å². The van der Waals surface area contributed by atoms with Gasteiger partial charge in [0.15, 0.2) is 23.8 Å².